The largest absolute Gasteiger partial charge is 0.493 e. The Bertz CT molecular complexity index is 935. The normalized spacial score (nSPS) is 15.3. The fourth-order valence-electron chi connectivity index (χ4n) is 3.51. The van der Waals surface area contributed by atoms with Crippen LogP contribution < -0.4 is 14.4 Å². The van der Waals surface area contributed by atoms with E-state index in [9.17, 15) is 5.11 Å². The third-order valence-corrected chi connectivity index (χ3v) is 5.75. The number of hydrogen-bond acceptors (Lipinski definition) is 6. The molecule has 1 aliphatic rings. The van der Waals surface area contributed by atoms with Crippen LogP contribution >= 0.6 is 11.3 Å². The van der Waals surface area contributed by atoms with Crippen molar-refractivity contribution < 1.29 is 14.6 Å². The summed E-state index contributed by atoms with van der Waals surface area (Å²) in [6.45, 7) is 4.56. The van der Waals surface area contributed by atoms with Crippen LogP contribution in [0.5, 0.6) is 17.2 Å². The molecule has 0 atom stereocenters. The summed E-state index contributed by atoms with van der Waals surface area (Å²) in [4.78, 5) is 8.85. The molecule has 1 aliphatic heterocycles. The molecule has 141 valence electrons. The van der Waals surface area contributed by atoms with Gasteiger partial charge in [-0.05, 0) is 23.8 Å². The Kier molecular flexibility index (Phi) is 5.05. The maximum Gasteiger partial charge on any atom is 0.207 e. The van der Waals surface area contributed by atoms with E-state index in [1.165, 1.54) is 16.9 Å². The van der Waals surface area contributed by atoms with Gasteiger partial charge in [0.15, 0.2) is 11.5 Å². The maximum absolute atomic E-state index is 12.2. The Balaban J connectivity index is 1.41. The zero-order chi connectivity index (χ0) is 18.8. The summed E-state index contributed by atoms with van der Waals surface area (Å²) in [5, 5.41) is 12.2. The summed E-state index contributed by atoms with van der Waals surface area (Å²) in [7, 11) is 3.30. The highest BCUT2D eigenvalue weighted by Gasteiger charge is 2.20. The lowest BCUT2D eigenvalue weighted by Gasteiger charge is -2.36. The molecule has 1 radical (unpaired) electrons. The number of rotatable bonds is 5. The van der Waals surface area contributed by atoms with E-state index in [0.29, 0.717) is 5.52 Å². The predicted octanol–water partition coefficient (Wildman–Crippen LogP) is 3.78. The Morgan fingerprint density at radius 3 is 2.56 bits per heavy atom. The van der Waals surface area contributed by atoms with Gasteiger partial charge in [0.2, 0.25) is 5.75 Å². The van der Waals surface area contributed by atoms with Crippen molar-refractivity contribution in [2.45, 2.75) is 6.54 Å². The molecule has 7 heteroatoms. The number of fused-ring (bicyclic) bond motifs is 1. The van der Waals surface area contributed by atoms with E-state index in [-0.39, 0.29) is 5.75 Å². The lowest BCUT2D eigenvalue weighted by atomic mass is 10.1. The summed E-state index contributed by atoms with van der Waals surface area (Å²) in [5.41, 5.74) is 4.52. The van der Waals surface area contributed by atoms with Crippen LogP contribution in [0.25, 0.3) is 10.2 Å². The summed E-state index contributed by atoms with van der Waals surface area (Å²) in [6.07, 6.45) is 0. The molecule has 3 aromatic rings. The van der Waals surface area contributed by atoms with Crippen molar-refractivity contribution in [3.8, 4) is 17.2 Å². The standard InChI is InChI=1S/C20H22N3O3S/c1-25-17-4-3-14(9-18(17)26-2)12-22-5-7-23(8-6-22)15-10-16(24)20-19(11-15)27-13-21-20/h3-4,9-11,13H,5-8,12H2,1-2H3. The summed E-state index contributed by atoms with van der Waals surface area (Å²) < 4.78 is 11.7. The Labute approximate surface area is 162 Å². The number of nitrogens with zero attached hydrogens (tertiary/aromatic N) is 3. The highest BCUT2D eigenvalue weighted by molar-refractivity contribution is 7.16. The Hall–Kier alpha value is -2.51. The van der Waals surface area contributed by atoms with Gasteiger partial charge in [-0.15, -0.1) is 11.3 Å². The number of aromatic nitrogens is 1. The predicted molar refractivity (Wildman–Crippen MR) is 107 cm³/mol. The summed E-state index contributed by atoms with van der Waals surface area (Å²) in [6, 6.07) is 9.86. The minimum absolute atomic E-state index is 0.0107. The zero-order valence-electron chi connectivity index (χ0n) is 15.5. The minimum atomic E-state index is 0.0107. The molecule has 2 aromatic carbocycles. The molecule has 0 amide bonds. The number of methoxy groups -OCH3 is 2. The molecule has 0 bridgehead atoms. The second-order valence-electron chi connectivity index (χ2n) is 6.60. The van der Waals surface area contributed by atoms with Gasteiger partial charge < -0.3 is 14.4 Å². The van der Waals surface area contributed by atoms with Gasteiger partial charge in [0, 0.05) is 44.5 Å². The minimum Gasteiger partial charge on any atom is -0.493 e. The van der Waals surface area contributed by atoms with E-state index < -0.39 is 0 Å². The van der Waals surface area contributed by atoms with Gasteiger partial charge in [0.25, 0.3) is 0 Å². The van der Waals surface area contributed by atoms with Gasteiger partial charge in [-0.2, -0.15) is 0 Å². The van der Waals surface area contributed by atoms with Crippen LogP contribution in [0.3, 0.4) is 0 Å². The molecule has 0 spiro atoms. The highest BCUT2D eigenvalue weighted by Crippen LogP contribution is 2.33. The van der Waals surface area contributed by atoms with E-state index in [0.717, 1.165) is 54.6 Å². The van der Waals surface area contributed by atoms with Gasteiger partial charge >= 0.3 is 0 Å². The van der Waals surface area contributed by atoms with Crippen LogP contribution in [0.1, 0.15) is 5.56 Å². The third kappa shape index (κ3) is 3.65. The first kappa shape index (κ1) is 17.9. The number of ether oxygens (including phenoxy) is 2. The molecule has 27 heavy (non-hydrogen) atoms. The average molecular weight is 384 g/mol. The van der Waals surface area contributed by atoms with Crippen molar-refractivity contribution in [1.29, 1.82) is 0 Å². The Morgan fingerprint density at radius 1 is 1.04 bits per heavy atom. The van der Waals surface area contributed by atoms with Crippen LogP contribution in [-0.2, 0) is 11.7 Å². The van der Waals surface area contributed by atoms with Crippen LogP contribution in [-0.4, -0.2) is 50.3 Å². The zero-order valence-corrected chi connectivity index (χ0v) is 16.3. The quantitative estimate of drug-likeness (QED) is 0.670. The second-order valence-corrected chi connectivity index (χ2v) is 7.48. The fraction of sp³-hybridized carbons (Fsp3) is 0.350. The molecular weight excluding hydrogens is 362 g/mol. The van der Waals surface area contributed by atoms with Gasteiger partial charge in [-0.3, -0.25) is 10.0 Å². The topological polar surface area (TPSA) is 57.7 Å². The lowest BCUT2D eigenvalue weighted by molar-refractivity contribution is 0.249. The molecule has 0 N–H and O–H groups in total. The first-order valence-corrected chi connectivity index (χ1v) is 9.78. The first-order chi connectivity index (χ1) is 13.2. The molecular formula is C20H22N3O3S. The van der Waals surface area contributed by atoms with Gasteiger partial charge in [0.05, 0.1) is 24.4 Å². The van der Waals surface area contributed by atoms with Crippen molar-refractivity contribution in [3.63, 3.8) is 0 Å². The molecule has 1 saturated heterocycles. The summed E-state index contributed by atoms with van der Waals surface area (Å²) >= 11 is 1.52. The van der Waals surface area contributed by atoms with Crippen LogP contribution in [0.15, 0.2) is 35.8 Å². The van der Waals surface area contributed by atoms with Crippen LogP contribution in [0.4, 0.5) is 5.69 Å². The average Bonchev–Trinajstić information content (AvgIpc) is 3.18. The number of benzene rings is 2. The van der Waals surface area contributed by atoms with Crippen molar-refractivity contribution in [1.82, 2.24) is 9.88 Å². The Morgan fingerprint density at radius 2 is 1.81 bits per heavy atom. The van der Waals surface area contributed by atoms with E-state index in [1.807, 2.05) is 12.1 Å². The van der Waals surface area contributed by atoms with Crippen molar-refractivity contribution >= 4 is 27.2 Å². The molecule has 0 aliphatic carbocycles. The monoisotopic (exact) mass is 384 g/mol. The molecule has 1 aromatic heterocycles. The third-order valence-electron chi connectivity index (χ3n) is 4.98. The van der Waals surface area contributed by atoms with Crippen molar-refractivity contribution in [2.24, 2.45) is 0 Å². The van der Waals surface area contributed by atoms with Gasteiger partial charge in [-0.1, -0.05) is 6.07 Å². The lowest BCUT2D eigenvalue weighted by Crippen LogP contribution is -2.45. The molecule has 0 unspecified atom stereocenters. The van der Waals surface area contributed by atoms with Crippen LogP contribution in [0, 0.1) is 0 Å². The van der Waals surface area contributed by atoms with Crippen molar-refractivity contribution in [2.75, 3.05) is 45.3 Å². The molecule has 1 fully saturated rings. The molecule has 2 heterocycles. The SMILES string of the molecule is COc1ccc(CN2CCN(c3cc([O])c4ncsc4c3)CC2)cc1OC. The van der Waals surface area contributed by atoms with E-state index in [4.69, 9.17) is 9.47 Å². The van der Waals surface area contributed by atoms with Crippen LogP contribution in [0.2, 0.25) is 0 Å². The van der Waals surface area contributed by atoms with E-state index in [2.05, 4.69) is 26.9 Å². The number of anilines is 1. The molecule has 4 rings (SSSR count). The second kappa shape index (κ2) is 7.62. The smallest absolute Gasteiger partial charge is 0.207 e. The fourth-order valence-corrected chi connectivity index (χ4v) is 4.23. The summed E-state index contributed by atoms with van der Waals surface area (Å²) in [5.74, 6) is 1.52. The highest BCUT2D eigenvalue weighted by atomic mass is 32.1. The number of hydrogen-bond donors (Lipinski definition) is 0. The van der Waals surface area contributed by atoms with E-state index >= 15 is 0 Å². The van der Waals surface area contributed by atoms with Crippen molar-refractivity contribution in [3.05, 3.63) is 41.4 Å². The van der Waals surface area contributed by atoms with Gasteiger partial charge in [-0.25, -0.2) is 4.98 Å². The number of piperazine rings is 1. The van der Waals surface area contributed by atoms with E-state index in [1.54, 1.807) is 25.8 Å². The molecule has 6 nitrogen and oxygen atoms in total. The number of thiazole rings is 1. The van der Waals surface area contributed by atoms with Gasteiger partial charge in [0.1, 0.15) is 5.52 Å². The maximum atomic E-state index is 12.2. The molecule has 0 saturated carbocycles. The first-order valence-electron chi connectivity index (χ1n) is 8.90.